The van der Waals surface area contributed by atoms with Gasteiger partial charge in [0.1, 0.15) is 5.75 Å². The SMILES string of the molecule is CCn1nc(C)c([C@H](C)NCc2ccc(OCC(=O)N3CCOCC3)cc2)c1C. The van der Waals surface area contributed by atoms with Crippen LogP contribution in [-0.2, 0) is 22.6 Å². The van der Waals surface area contributed by atoms with E-state index in [9.17, 15) is 4.79 Å². The number of rotatable bonds is 8. The van der Waals surface area contributed by atoms with Crippen LogP contribution in [0.1, 0.15) is 42.4 Å². The summed E-state index contributed by atoms with van der Waals surface area (Å²) < 4.78 is 13.0. The summed E-state index contributed by atoms with van der Waals surface area (Å²) in [4.78, 5) is 13.9. The highest BCUT2D eigenvalue weighted by molar-refractivity contribution is 5.77. The molecule has 1 aliphatic rings. The van der Waals surface area contributed by atoms with Gasteiger partial charge in [0, 0.05) is 43.5 Å². The molecule has 1 aliphatic heterocycles. The lowest BCUT2D eigenvalue weighted by atomic mass is 10.1. The van der Waals surface area contributed by atoms with Crippen molar-refractivity contribution in [2.75, 3.05) is 32.9 Å². The van der Waals surface area contributed by atoms with Crippen molar-refractivity contribution in [2.24, 2.45) is 0 Å². The lowest BCUT2D eigenvalue weighted by Gasteiger charge is -2.26. The van der Waals surface area contributed by atoms with Gasteiger partial charge in [-0.2, -0.15) is 5.10 Å². The average molecular weight is 401 g/mol. The van der Waals surface area contributed by atoms with Crippen molar-refractivity contribution in [3.8, 4) is 5.75 Å². The van der Waals surface area contributed by atoms with Crippen molar-refractivity contribution in [1.82, 2.24) is 20.0 Å². The number of ether oxygens (including phenoxy) is 2. The highest BCUT2D eigenvalue weighted by Gasteiger charge is 2.18. The van der Waals surface area contributed by atoms with Gasteiger partial charge in [-0.1, -0.05) is 12.1 Å². The first-order chi connectivity index (χ1) is 14.0. The molecule has 1 aromatic heterocycles. The van der Waals surface area contributed by atoms with E-state index in [1.54, 1.807) is 4.90 Å². The van der Waals surface area contributed by atoms with Crippen molar-refractivity contribution in [3.05, 3.63) is 46.8 Å². The van der Waals surface area contributed by atoms with Crippen molar-refractivity contribution in [2.45, 2.75) is 46.8 Å². The molecule has 0 saturated carbocycles. The zero-order valence-electron chi connectivity index (χ0n) is 17.9. The van der Waals surface area contributed by atoms with Gasteiger partial charge in [0.25, 0.3) is 5.91 Å². The van der Waals surface area contributed by atoms with Gasteiger partial charge in [0.15, 0.2) is 6.61 Å². The second-order valence-electron chi connectivity index (χ2n) is 7.43. The van der Waals surface area contributed by atoms with Crippen LogP contribution in [0.15, 0.2) is 24.3 Å². The fraction of sp³-hybridized carbons (Fsp3) is 0.545. The van der Waals surface area contributed by atoms with Crippen LogP contribution in [-0.4, -0.2) is 53.5 Å². The van der Waals surface area contributed by atoms with Gasteiger partial charge < -0.3 is 19.7 Å². The number of amides is 1. The number of hydrogen-bond donors (Lipinski definition) is 1. The zero-order valence-corrected chi connectivity index (χ0v) is 17.9. The van der Waals surface area contributed by atoms with Gasteiger partial charge in [-0.05, 0) is 45.4 Å². The normalized spacial score (nSPS) is 15.4. The number of aryl methyl sites for hydroxylation is 2. The smallest absolute Gasteiger partial charge is 0.260 e. The largest absolute Gasteiger partial charge is 0.484 e. The van der Waals surface area contributed by atoms with Gasteiger partial charge in [-0.25, -0.2) is 0 Å². The maximum Gasteiger partial charge on any atom is 0.260 e. The molecule has 7 nitrogen and oxygen atoms in total. The van der Waals surface area contributed by atoms with Crippen LogP contribution in [0, 0.1) is 13.8 Å². The number of hydrogen-bond acceptors (Lipinski definition) is 5. The van der Waals surface area contributed by atoms with E-state index >= 15 is 0 Å². The highest BCUT2D eigenvalue weighted by Crippen LogP contribution is 2.22. The Kier molecular flexibility index (Phi) is 7.28. The van der Waals surface area contributed by atoms with Gasteiger partial charge in [0.2, 0.25) is 0 Å². The van der Waals surface area contributed by atoms with E-state index in [1.807, 2.05) is 28.9 Å². The molecule has 1 aromatic carbocycles. The maximum absolute atomic E-state index is 12.2. The van der Waals surface area contributed by atoms with E-state index in [4.69, 9.17) is 9.47 Å². The number of nitrogens with one attached hydrogen (secondary N) is 1. The van der Waals surface area contributed by atoms with Gasteiger partial charge in [-0.3, -0.25) is 9.48 Å². The molecule has 1 N–H and O–H groups in total. The fourth-order valence-electron chi connectivity index (χ4n) is 3.77. The minimum Gasteiger partial charge on any atom is -0.484 e. The van der Waals surface area contributed by atoms with E-state index < -0.39 is 0 Å². The summed E-state index contributed by atoms with van der Waals surface area (Å²) in [5.41, 5.74) is 4.74. The Labute approximate surface area is 173 Å². The van der Waals surface area contributed by atoms with E-state index in [0.29, 0.717) is 32.1 Å². The fourth-order valence-corrected chi connectivity index (χ4v) is 3.77. The summed E-state index contributed by atoms with van der Waals surface area (Å²) in [6, 6.07) is 8.12. The Balaban J connectivity index is 1.49. The summed E-state index contributed by atoms with van der Waals surface area (Å²) in [6.07, 6.45) is 0. The quantitative estimate of drug-likeness (QED) is 0.738. The van der Waals surface area contributed by atoms with Crippen molar-refractivity contribution < 1.29 is 14.3 Å². The number of nitrogens with zero attached hydrogens (tertiary/aromatic N) is 3. The van der Waals surface area contributed by atoms with Crippen LogP contribution in [0.3, 0.4) is 0 Å². The Bertz CT molecular complexity index is 810. The first kappa shape index (κ1) is 21.3. The van der Waals surface area contributed by atoms with Crippen LogP contribution < -0.4 is 10.1 Å². The first-order valence-electron chi connectivity index (χ1n) is 10.3. The molecule has 0 unspecified atom stereocenters. The topological polar surface area (TPSA) is 68.6 Å². The number of aromatic nitrogens is 2. The van der Waals surface area contributed by atoms with Crippen LogP contribution in [0.2, 0.25) is 0 Å². The Morgan fingerprint density at radius 2 is 1.93 bits per heavy atom. The molecular formula is C22H32N4O3. The molecule has 1 atom stereocenters. The zero-order chi connectivity index (χ0) is 20.8. The summed E-state index contributed by atoms with van der Waals surface area (Å²) >= 11 is 0. The molecule has 7 heteroatoms. The van der Waals surface area contributed by atoms with Crippen LogP contribution in [0.5, 0.6) is 5.75 Å². The molecule has 1 amide bonds. The van der Waals surface area contributed by atoms with E-state index in [0.717, 1.165) is 18.8 Å². The summed E-state index contributed by atoms with van der Waals surface area (Å²) in [6.45, 7) is 12.7. The van der Waals surface area contributed by atoms with E-state index in [2.05, 4.69) is 38.1 Å². The summed E-state index contributed by atoms with van der Waals surface area (Å²) in [5, 5.41) is 8.19. The van der Waals surface area contributed by atoms with Crippen molar-refractivity contribution >= 4 is 5.91 Å². The first-order valence-corrected chi connectivity index (χ1v) is 10.3. The minimum atomic E-state index is 0.00577. The molecule has 2 aromatic rings. The Hall–Kier alpha value is -2.38. The summed E-state index contributed by atoms with van der Waals surface area (Å²) in [7, 11) is 0. The van der Waals surface area contributed by atoms with Crippen LogP contribution in [0.4, 0.5) is 0 Å². The molecule has 2 heterocycles. The molecule has 0 bridgehead atoms. The molecule has 29 heavy (non-hydrogen) atoms. The summed E-state index contributed by atoms with van der Waals surface area (Å²) in [5.74, 6) is 0.713. The second-order valence-corrected chi connectivity index (χ2v) is 7.43. The molecular weight excluding hydrogens is 368 g/mol. The van der Waals surface area contributed by atoms with Crippen molar-refractivity contribution in [3.63, 3.8) is 0 Å². The number of benzene rings is 1. The number of carbonyl (C=O) groups is 1. The molecule has 1 fully saturated rings. The maximum atomic E-state index is 12.2. The predicted molar refractivity (Wildman–Crippen MR) is 112 cm³/mol. The monoisotopic (exact) mass is 400 g/mol. The molecule has 158 valence electrons. The minimum absolute atomic E-state index is 0.00577. The van der Waals surface area contributed by atoms with Crippen LogP contribution in [0.25, 0.3) is 0 Å². The average Bonchev–Trinajstić information content (AvgIpc) is 3.04. The third-order valence-electron chi connectivity index (χ3n) is 5.43. The molecule has 0 spiro atoms. The predicted octanol–water partition coefficient (Wildman–Crippen LogP) is 2.61. The van der Waals surface area contributed by atoms with Crippen molar-refractivity contribution in [1.29, 1.82) is 0 Å². The van der Waals surface area contributed by atoms with Crippen LogP contribution >= 0.6 is 0 Å². The Morgan fingerprint density at radius 3 is 2.55 bits per heavy atom. The second kappa shape index (κ2) is 9.89. The Morgan fingerprint density at radius 1 is 1.24 bits per heavy atom. The third kappa shape index (κ3) is 5.36. The molecule has 1 saturated heterocycles. The highest BCUT2D eigenvalue weighted by atomic mass is 16.5. The lowest BCUT2D eigenvalue weighted by Crippen LogP contribution is -2.42. The standard InChI is InChI=1S/C22H32N4O3/c1-5-26-18(4)22(17(3)24-26)16(2)23-14-19-6-8-20(9-7-19)29-15-21(27)25-10-12-28-13-11-25/h6-9,16,23H,5,10-15H2,1-4H3/t16-/m0/s1. The molecule has 0 aliphatic carbocycles. The van der Waals surface area contributed by atoms with Gasteiger partial charge in [-0.15, -0.1) is 0 Å². The molecule has 0 radical (unpaired) electrons. The molecule has 3 rings (SSSR count). The third-order valence-corrected chi connectivity index (χ3v) is 5.43. The van der Waals surface area contributed by atoms with E-state index in [-0.39, 0.29) is 18.6 Å². The van der Waals surface area contributed by atoms with Gasteiger partial charge in [0.05, 0.1) is 18.9 Å². The van der Waals surface area contributed by atoms with E-state index in [1.165, 1.54) is 16.8 Å². The number of carbonyl (C=O) groups excluding carboxylic acids is 1. The number of morpholine rings is 1. The van der Waals surface area contributed by atoms with Gasteiger partial charge >= 0.3 is 0 Å². The lowest BCUT2D eigenvalue weighted by molar-refractivity contribution is -0.137.